The highest BCUT2D eigenvalue weighted by Gasteiger charge is 2.37. The maximum atomic E-state index is 13.0. The summed E-state index contributed by atoms with van der Waals surface area (Å²) in [5.41, 5.74) is 3.87. The van der Waals surface area contributed by atoms with E-state index in [0.717, 1.165) is 0 Å². The molecule has 106 valence electrons. The van der Waals surface area contributed by atoms with Crippen molar-refractivity contribution in [3.05, 3.63) is 40.3 Å². The number of alkyl halides is 3. The van der Waals surface area contributed by atoms with Crippen LogP contribution < -0.4 is 5.73 Å². The zero-order valence-corrected chi connectivity index (χ0v) is 11.2. The van der Waals surface area contributed by atoms with Gasteiger partial charge in [0.25, 0.3) is 0 Å². The normalized spacial score (nSPS) is 12.7. The lowest BCUT2D eigenvalue weighted by molar-refractivity contribution is -0.142. The lowest BCUT2D eigenvalue weighted by atomic mass is 10.3. The van der Waals surface area contributed by atoms with Gasteiger partial charge in [-0.05, 0) is 28.1 Å². The van der Waals surface area contributed by atoms with Crippen LogP contribution in [0.3, 0.4) is 0 Å². The molecule has 0 spiro atoms. The summed E-state index contributed by atoms with van der Waals surface area (Å²) >= 11 is 3.13. The molecule has 0 unspecified atom stereocenters. The van der Waals surface area contributed by atoms with Gasteiger partial charge in [-0.1, -0.05) is 5.16 Å². The molecule has 2 rings (SSSR count). The smallest absolute Gasteiger partial charge is 0.409 e. The first-order valence-corrected chi connectivity index (χ1v) is 5.89. The van der Waals surface area contributed by atoms with E-state index < -0.39 is 17.7 Å². The molecule has 2 heterocycles. The molecule has 0 aliphatic carbocycles. The highest BCUT2D eigenvalue weighted by molar-refractivity contribution is 9.10. The minimum absolute atomic E-state index is 0.0440. The number of hydrogen-bond acceptors (Lipinski definition) is 4. The van der Waals surface area contributed by atoms with E-state index in [1.165, 1.54) is 18.3 Å². The van der Waals surface area contributed by atoms with Gasteiger partial charge in [-0.15, -0.1) is 0 Å². The van der Waals surface area contributed by atoms with Gasteiger partial charge in [0.15, 0.2) is 17.3 Å². The first-order valence-electron chi connectivity index (χ1n) is 5.10. The van der Waals surface area contributed by atoms with Crippen LogP contribution in [0.25, 0.3) is 5.82 Å². The fourth-order valence-corrected chi connectivity index (χ4v) is 1.66. The van der Waals surface area contributed by atoms with E-state index in [9.17, 15) is 13.2 Å². The maximum Gasteiger partial charge on any atom is 0.433 e. The SMILES string of the molecule is N/C(=N\O)c1cc(C(F)(F)F)n(-c2ccc(Br)cn2)n1. The average Bonchev–Trinajstić information content (AvgIpc) is 2.83. The lowest BCUT2D eigenvalue weighted by Crippen LogP contribution is -2.15. The lowest BCUT2D eigenvalue weighted by Gasteiger charge is -2.09. The number of aromatic nitrogens is 3. The number of oxime groups is 1. The molecule has 0 atom stereocenters. The van der Waals surface area contributed by atoms with Crippen LogP contribution in [0.15, 0.2) is 34.0 Å². The highest BCUT2D eigenvalue weighted by Crippen LogP contribution is 2.31. The van der Waals surface area contributed by atoms with Crippen molar-refractivity contribution >= 4 is 21.8 Å². The minimum atomic E-state index is -4.66. The summed E-state index contributed by atoms with van der Waals surface area (Å²) in [5.74, 6) is -0.566. The van der Waals surface area contributed by atoms with Crippen LogP contribution in [0.5, 0.6) is 0 Å². The second-order valence-corrected chi connectivity index (χ2v) is 4.56. The van der Waals surface area contributed by atoms with Gasteiger partial charge in [0.05, 0.1) is 0 Å². The van der Waals surface area contributed by atoms with Crippen molar-refractivity contribution in [1.29, 1.82) is 0 Å². The Balaban J connectivity index is 2.61. The summed E-state index contributed by atoms with van der Waals surface area (Å²) < 4.78 is 40.1. The molecule has 0 saturated heterocycles. The van der Waals surface area contributed by atoms with Crippen LogP contribution in [0.2, 0.25) is 0 Å². The third kappa shape index (κ3) is 2.74. The van der Waals surface area contributed by atoms with Gasteiger partial charge in [0.1, 0.15) is 5.69 Å². The van der Waals surface area contributed by atoms with Crippen LogP contribution in [-0.2, 0) is 6.18 Å². The molecule has 0 radical (unpaired) electrons. The van der Waals surface area contributed by atoms with Crippen molar-refractivity contribution in [3.8, 4) is 5.82 Å². The fraction of sp³-hybridized carbons (Fsp3) is 0.100. The summed E-state index contributed by atoms with van der Waals surface area (Å²) in [4.78, 5) is 3.83. The molecule has 3 N–H and O–H groups in total. The summed E-state index contributed by atoms with van der Waals surface area (Å²) in [6, 6.07) is 3.55. The summed E-state index contributed by atoms with van der Waals surface area (Å²) in [7, 11) is 0. The van der Waals surface area contributed by atoms with Gasteiger partial charge in [0.2, 0.25) is 0 Å². The van der Waals surface area contributed by atoms with Crippen molar-refractivity contribution in [1.82, 2.24) is 14.8 Å². The van der Waals surface area contributed by atoms with Crippen LogP contribution in [-0.4, -0.2) is 25.8 Å². The highest BCUT2D eigenvalue weighted by atomic mass is 79.9. The fourth-order valence-electron chi connectivity index (χ4n) is 1.43. The summed E-state index contributed by atoms with van der Waals surface area (Å²) in [5, 5.41) is 14.8. The van der Waals surface area contributed by atoms with E-state index in [1.807, 2.05) is 0 Å². The van der Waals surface area contributed by atoms with Crippen molar-refractivity contribution in [2.75, 3.05) is 0 Å². The predicted molar refractivity (Wildman–Crippen MR) is 66.6 cm³/mol. The molecule has 0 fully saturated rings. The summed E-state index contributed by atoms with van der Waals surface area (Å²) in [6.07, 6.45) is -3.32. The van der Waals surface area contributed by atoms with Crippen molar-refractivity contribution < 1.29 is 18.4 Å². The largest absolute Gasteiger partial charge is 0.433 e. The van der Waals surface area contributed by atoms with E-state index in [2.05, 4.69) is 31.2 Å². The average molecular weight is 350 g/mol. The third-order valence-electron chi connectivity index (χ3n) is 2.30. The number of hydrogen-bond donors (Lipinski definition) is 2. The van der Waals surface area contributed by atoms with E-state index in [1.54, 1.807) is 0 Å². The molecule has 0 aliphatic heterocycles. The Morgan fingerprint density at radius 1 is 1.40 bits per heavy atom. The Kier molecular flexibility index (Phi) is 3.66. The second-order valence-electron chi connectivity index (χ2n) is 3.64. The standard InChI is InChI=1S/C10H7BrF3N5O/c11-5-1-2-8(16-4-5)19-7(10(12,13)14)3-6(17-19)9(15)18-20/h1-4,20H,(H2,15,18). The summed E-state index contributed by atoms with van der Waals surface area (Å²) in [6.45, 7) is 0. The van der Waals surface area contributed by atoms with Gasteiger partial charge in [-0.2, -0.15) is 18.3 Å². The molecular formula is C10H7BrF3N5O. The van der Waals surface area contributed by atoms with Gasteiger partial charge < -0.3 is 10.9 Å². The predicted octanol–water partition coefficient (Wildman–Crippen LogP) is 2.14. The molecule has 0 amide bonds. The molecule has 20 heavy (non-hydrogen) atoms. The van der Waals surface area contributed by atoms with E-state index in [-0.39, 0.29) is 11.5 Å². The van der Waals surface area contributed by atoms with Crippen LogP contribution in [0.4, 0.5) is 13.2 Å². The molecule has 10 heteroatoms. The van der Waals surface area contributed by atoms with Crippen LogP contribution in [0, 0.1) is 0 Å². The van der Waals surface area contributed by atoms with Crippen LogP contribution >= 0.6 is 15.9 Å². The number of nitrogens with zero attached hydrogens (tertiary/aromatic N) is 4. The van der Waals surface area contributed by atoms with Gasteiger partial charge in [0, 0.05) is 16.7 Å². The van der Waals surface area contributed by atoms with Crippen LogP contribution in [0.1, 0.15) is 11.4 Å². The third-order valence-corrected chi connectivity index (χ3v) is 2.77. The van der Waals surface area contributed by atoms with E-state index >= 15 is 0 Å². The Hall–Kier alpha value is -2.10. The minimum Gasteiger partial charge on any atom is -0.409 e. The van der Waals surface area contributed by atoms with E-state index in [0.29, 0.717) is 15.2 Å². The number of nitrogens with two attached hydrogens (primary N) is 1. The first kappa shape index (κ1) is 14.3. The second kappa shape index (κ2) is 5.12. The molecular weight excluding hydrogens is 343 g/mol. The molecule has 0 saturated carbocycles. The van der Waals surface area contributed by atoms with Gasteiger partial charge in [-0.3, -0.25) is 0 Å². The molecule has 6 nitrogen and oxygen atoms in total. The topological polar surface area (TPSA) is 89.3 Å². The molecule has 0 bridgehead atoms. The van der Waals surface area contributed by atoms with E-state index in [4.69, 9.17) is 10.9 Å². The number of halogens is 4. The maximum absolute atomic E-state index is 13.0. The molecule has 0 aliphatic rings. The van der Waals surface area contributed by atoms with Crippen molar-refractivity contribution in [2.45, 2.75) is 6.18 Å². The Morgan fingerprint density at radius 3 is 2.60 bits per heavy atom. The molecule has 0 aromatic carbocycles. The molecule has 2 aromatic rings. The molecule has 2 aromatic heterocycles. The van der Waals surface area contributed by atoms with Gasteiger partial charge in [-0.25, -0.2) is 9.67 Å². The zero-order valence-electron chi connectivity index (χ0n) is 9.63. The first-order chi connectivity index (χ1) is 9.32. The van der Waals surface area contributed by atoms with Gasteiger partial charge >= 0.3 is 6.18 Å². The Morgan fingerprint density at radius 2 is 2.10 bits per heavy atom. The number of rotatable bonds is 2. The van der Waals surface area contributed by atoms with Crippen molar-refractivity contribution in [3.63, 3.8) is 0 Å². The van der Waals surface area contributed by atoms with Crippen molar-refractivity contribution in [2.24, 2.45) is 10.9 Å². The number of amidine groups is 1. The quantitative estimate of drug-likeness (QED) is 0.376. The monoisotopic (exact) mass is 349 g/mol. The number of pyridine rings is 1. The Labute approximate surface area is 118 Å². The zero-order chi connectivity index (χ0) is 14.9. The Bertz CT molecular complexity index is 650.